The van der Waals surface area contributed by atoms with E-state index < -0.39 is 0 Å². The van der Waals surface area contributed by atoms with Gasteiger partial charge in [-0.3, -0.25) is 4.79 Å². The minimum absolute atomic E-state index is 0.329. The minimum Gasteiger partial charge on any atom is -0.435 e. The van der Waals surface area contributed by atoms with Crippen LogP contribution in [0.2, 0.25) is 0 Å². The van der Waals surface area contributed by atoms with Gasteiger partial charge in [-0.15, -0.1) is 5.73 Å². The molecule has 0 fully saturated rings. The van der Waals surface area contributed by atoms with E-state index in [-0.39, 0.29) is 5.97 Å². The smallest absolute Gasteiger partial charge is 0.307 e. The fraction of sp³-hybridized carbons (Fsp3) is 0.111. The summed E-state index contributed by atoms with van der Waals surface area (Å²) in [6.07, 6.45) is 1.10. The maximum absolute atomic E-state index is 9.75. The zero-order valence-electron chi connectivity index (χ0n) is 7.18. The van der Waals surface area contributed by atoms with E-state index in [9.17, 15) is 4.79 Å². The SMILES string of the molecule is C=C=C.C=CCl.C=COC(C)=O. The molecular weight excluding hydrogens is 176 g/mol. The van der Waals surface area contributed by atoms with Gasteiger partial charge < -0.3 is 4.74 Å². The van der Waals surface area contributed by atoms with Crippen LogP contribution in [0.3, 0.4) is 0 Å². The van der Waals surface area contributed by atoms with E-state index in [4.69, 9.17) is 11.6 Å². The van der Waals surface area contributed by atoms with Crippen molar-refractivity contribution in [2.45, 2.75) is 6.92 Å². The molecule has 0 aromatic heterocycles. The van der Waals surface area contributed by atoms with Crippen LogP contribution >= 0.6 is 11.6 Å². The number of rotatable bonds is 1. The number of hydrogen-bond donors (Lipinski definition) is 0. The Morgan fingerprint density at radius 3 is 1.75 bits per heavy atom. The van der Waals surface area contributed by atoms with Crippen LogP contribution < -0.4 is 0 Å². The Labute approximate surface area is 78.5 Å². The van der Waals surface area contributed by atoms with Crippen molar-refractivity contribution in [3.05, 3.63) is 43.8 Å². The zero-order chi connectivity index (χ0) is 10.4. The maximum atomic E-state index is 9.75. The summed E-state index contributed by atoms with van der Waals surface area (Å²) < 4.78 is 4.17. The molecule has 0 saturated heterocycles. The summed E-state index contributed by atoms with van der Waals surface area (Å²) in [4.78, 5) is 9.75. The highest BCUT2D eigenvalue weighted by atomic mass is 35.5. The second kappa shape index (κ2) is 22.6. The lowest BCUT2D eigenvalue weighted by atomic mass is 10.8. The van der Waals surface area contributed by atoms with Crippen molar-refractivity contribution < 1.29 is 9.53 Å². The normalized spacial score (nSPS) is 5.17. The molecule has 0 aromatic carbocycles. The molecule has 2 nitrogen and oxygen atoms in total. The molecule has 12 heavy (non-hydrogen) atoms. The van der Waals surface area contributed by atoms with E-state index in [0.29, 0.717) is 0 Å². The van der Waals surface area contributed by atoms with Gasteiger partial charge in [-0.1, -0.05) is 37.9 Å². The molecule has 0 saturated carbocycles. The Kier molecular flexibility index (Phi) is 32.0. The van der Waals surface area contributed by atoms with Crippen molar-refractivity contribution in [2.75, 3.05) is 0 Å². The quantitative estimate of drug-likeness (QED) is 0.359. The number of hydrogen-bond acceptors (Lipinski definition) is 2. The van der Waals surface area contributed by atoms with Gasteiger partial charge in [0.05, 0.1) is 6.26 Å². The molecule has 0 aliphatic heterocycles. The van der Waals surface area contributed by atoms with Crippen LogP contribution in [-0.2, 0) is 9.53 Å². The molecule has 0 spiro atoms. The third kappa shape index (κ3) is 170. The molecule has 0 unspecified atom stereocenters. The number of ether oxygens (including phenoxy) is 1. The second-order valence-electron chi connectivity index (χ2n) is 1.18. The van der Waals surface area contributed by atoms with Gasteiger partial charge in [-0.25, -0.2) is 0 Å². The summed E-state index contributed by atoms with van der Waals surface area (Å²) in [5, 5.41) is 0. The summed E-state index contributed by atoms with van der Waals surface area (Å²) in [5.74, 6) is -0.329. The van der Waals surface area contributed by atoms with Crippen LogP contribution in [-0.4, -0.2) is 5.97 Å². The van der Waals surface area contributed by atoms with Crippen molar-refractivity contribution in [1.82, 2.24) is 0 Å². The first-order chi connectivity index (χ1) is 5.60. The molecule has 0 N–H and O–H groups in total. The molecule has 0 radical (unpaired) electrons. The first-order valence-corrected chi connectivity index (χ1v) is 3.32. The predicted molar refractivity (Wildman–Crippen MR) is 52.8 cm³/mol. The average Bonchev–Trinajstić information content (AvgIpc) is 1.89. The van der Waals surface area contributed by atoms with E-state index in [1.165, 1.54) is 12.5 Å². The van der Waals surface area contributed by atoms with Crippen LogP contribution in [0.4, 0.5) is 0 Å². The molecule has 0 amide bonds. The molecule has 0 heterocycles. The molecule has 0 atom stereocenters. The Morgan fingerprint density at radius 1 is 1.50 bits per heavy atom. The van der Waals surface area contributed by atoms with E-state index in [1.54, 1.807) is 0 Å². The van der Waals surface area contributed by atoms with Gasteiger partial charge in [0.1, 0.15) is 0 Å². The molecule has 0 aliphatic rings. The largest absolute Gasteiger partial charge is 0.435 e. The number of esters is 1. The summed E-state index contributed by atoms with van der Waals surface area (Å²) in [5.41, 5.74) is 3.47. The summed E-state index contributed by atoms with van der Waals surface area (Å²) in [6, 6.07) is 0. The maximum Gasteiger partial charge on any atom is 0.307 e. The fourth-order valence-corrected chi connectivity index (χ4v) is 0.117. The van der Waals surface area contributed by atoms with Crippen LogP contribution in [0.5, 0.6) is 0 Å². The number of carbonyl (C=O) groups excluding carboxylic acids is 1. The number of carbonyl (C=O) groups is 1. The lowest BCUT2D eigenvalue weighted by Gasteiger charge is -1.83. The van der Waals surface area contributed by atoms with E-state index in [0.717, 1.165) is 6.26 Å². The predicted octanol–water partition coefficient (Wildman–Crippen LogP) is 3.02. The molecule has 3 heteroatoms. The van der Waals surface area contributed by atoms with Crippen LogP contribution in [0.25, 0.3) is 0 Å². The van der Waals surface area contributed by atoms with Crippen molar-refractivity contribution in [3.8, 4) is 0 Å². The standard InChI is InChI=1S/C4H6O2.C3H4.C2H3Cl/c1-3-6-4(2)5;1-3-2;1-2-3/h3H,1H2,2H3;1-2H2;2H,1H2. The number of halogens is 1. The Bertz CT molecular complexity index is 156. The van der Waals surface area contributed by atoms with Crippen LogP contribution in [0, 0.1) is 0 Å². The van der Waals surface area contributed by atoms with E-state index in [2.05, 4.69) is 36.8 Å². The highest BCUT2D eigenvalue weighted by molar-refractivity contribution is 6.25. The second-order valence-corrected chi connectivity index (χ2v) is 1.49. The third-order valence-electron chi connectivity index (χ3n) is 0.249. The highest BCUT2D eigenvalue weighted by Crippen LogP contribution is 1.70. The van der Waals surface area contributed by atoms with Gasteiger partial charge in [0.2, 0.25) is 0 Å². The van der Waals surface area contributed by atoms with Gasteiger partial charge in [0.15, 0.2) is 0 Å². The van der Waals surface area contributed by atoms with Crippen molar-refractivity contribution in [2.24, 2.45) is 0 Å². The van der Waals surface area contributed by atoms with Gasteiger partial charge in [0.25, 0.3) is 0 Å². The van der Waals surface area contributed by atoms with Crippen molar-refractivity contribution >= 4 is 17.6 Å². The lowest BCUT2D eigenvalue weighted by Crippen LogP contribution is -1.87. The molecule has 0 aromatic rings. The zero-order valence-corrected chi connectivity index (χ0v) is 7.93. The minimum atomic E-state index is -0.329. The summed E-state index contributed by atoms with van der Waals surface area (Å²) in [6.45, 7) is 13.9. The monoisotopic (exact) mass is 188 g/mol. The average molecular weight is 189 g/mol. The van der Waals surface area contributed by atoms with Crippen LogP contribution in [0.1, 0.15) is 6.92 Å². The summed E-state index contributed by atoms with van der Waals surface area (Å²) in [7, 11) is 0. The first kappa shape index (κ1) is 17.0. The molecular formula is C9H13ClO2. The lowest BCUT2D eigenvalue weighted by molar-refractivity contribution is -0.135. The Hall–Kier alpha value is -1.24. The third-order valence-corrected chi connectivity index (χ3v) is 0.249. The molecule has 68 valence electrons. The van der Waals surface area contributed by atoms with Crippen LogP contribution in [0.15, 0.2) is 43.8 Å². The molecule has 0 rings (SSSR count). The van der Waals surface area contributed by atoms with E-state index in [1.807, 2.05) is 0 Å². The molecule has 0 aliphatic carbocycles. The van der Waals surface area contributed by atoms with Gasteiger partial charge in [-0.05, 0) is 5.54 Å². The van der Waals surface area contributed by atoms with Crippen molar-refractivity contribution in [1.29, 1.82) is 0 Å². The summed E-state index contributed by atoms with van der Waals surface area (Å²) >= 11 is 4.76. The van der Waals surface area contributed by atoms with E-state index >= 15 is 0 Å². The van der Waals surface area contributed by atoms with Crippen molar-refractivity contribution in [3.63, 3.8) is 0 Å². The fourth-order valence-electron chi connectivity index (χ4n) is 0.117. The Morgan fingerprint density at radius 2 is 1.75 bits per heavy atom. The molecule has 0 bridgehead atoms. The first-order valence-electron chi connectivity index (χ1n) is 2.89. The Balaban J connectivity index is -0.000000115. The topological polar surface area (TPSA) is 26.3 Å². The van der Waals surface area contributed by atoms with Gasteiger partial charge in [0, 0.05) is 6.92 Å². The highest BCUT2D eigenvalue weighted by Gasteiger charge is 1.79. The van der Waals surface area contributed by atoms with Gasteiger partial charge in [-0.2, -0.15) is 0 Å². The van der Waals surface area contributed by atoms with Gasteiger partial charge >= 0.3 is 5.97 Å².